The van der Waals surface area contributed by atoms with E-state index in [1.807, 2.05) is 42.5 Å². The minimum Gasteiger partial charge on any atom is -0.481 e. The van der Waals surface area contributed by atoms with E-state index in [1.54, 1.807) is 0 Å². The van der Waals surface area contributed by atoms with Crippen LogP contribution in [-0.4, -0.2) is 22.8 Å². The van der Waals surface area contributed by atoms with Gasteiger partial charge in [-0.25, -0.2) is 0 Å². The van der Waals surface area contributed by atoms with Gasteiger partial charge in [-0.05, 0) is 80.0 Å². The fourth-order valence-corrected chi connectivity index (χ4v) is 3.44. The topological polar surface area (TPSA) is 109 Å². The fraction of sp³-hybridized carbons (Fsp3) is 0.375. The molecule has 0 saturated heterocycles. The fourth-order valence-electron chi connectivity index (χ4n) is 3.44. The Morgan fingerprint density at radius 1 is 1.07 bits per heavy atom. The van der Waals surface area contributed by atoms with Crippen molar-refractivity contribution in [2.75, 3.05) is 11.1 Å². The van der Waals surface area contributed by atoms with Gasteiger partial charge in [-0.15, -0.1) is 0 Å². The minimum absolute atomic E-state index is 0.0898. The number of nitrogens with one attached hydrogen (secondary N) is 1. The van der Waals surface area contributed by atoms with Gasteiger partial charge in [-0.1, -0.05) is 12.1 Å². The van der Waals surface area contributed by atoms with Crippen molar-refractivity contribution in [2.24, 2.45) is 0 Å². The number of anilines is 2. The number of carbonyl (C=O) groups is 3. The second-order valence-corrected chi connectivity index (χ2v) is 7.53. The number of ketones is 1. The molecule has 1 aliphatic carbocycles. The zero-order valence-corrected chi connectivity index (χ0v) is 17.4. The van der Waals surface area contributed by atoms with Crippen molar-refractivity contribution in [2.45, 2.75) is 58.3 Å². The number of carbonyl (C=O) groups excluding carboxylic acids is 2. The number of aryl methyl sites for hydroxylation is 2. The third-order valence-corrected chi connectivity index (χ3v) is 4.88. The Hall–Kier alpha value is -3.15. The molecule has 0 heterocycles. The molecule has 0 aromatic heterocycles. The van der Waals surface area contributed by atoms with Crippen LogP contribution in [0.15, 0.2) is 42.5 Å². The molecule has 0 spiro atoms. The first-order valence-electron chi connectivity index (χ1n) is 10.3. The maximum Gasteiger partial charge on any atom is 0.303 e. The van der Waals surface area contributed by atoms with Crippen molar-refractivity contribution in [1.82, 2.24) is 0 Å². The van der Waals surface area contributed by atoms with E-state index < -0.39 is 5.97 Å². The first-order chi connectivity index (χ1) is 14.3. The Bertz CT molecular complexity index is 893. The Morgan fingerprint density at radius 2 is 1.83 bits per heavy atom. The van der Waals surface area contributed by atoms with Gasteiger partial charge in [0.25, 0.3) is 0 Å². The van der Waals surface area contributed by atoms with Gasteiger partial charge in [-0.3, -0.25) is 14.4 Å². The van der Waals surface area contributed by atoms with Crippen LogP contribution >= 0.6 is 0 Å². The summed E-state index contributed by atoms with van der Waals surface area (Å²) in [5, 5.41) is 11.2. The summed E-state index contributed by atoms with van der Waals surface area (Å²) in [5.74, 6) is -0.572. The number of hydrogen-bond donors (Lipinski definition) is 3. The second-order valence-electron chi connectivity index (χ2n) is 7.53. The highest BCUT2D eigenvalue weighted by Crippen LogP contribution is 2.22. The average molecular weight is 411 g/mol. The monoisotopic (exact) mass is 410 g/mol. The molecule has 0 radical (unpaired) electrons. The van der Waals surface area contributed by atoms with E-state index in [-0.39, 0.29) is 18.1 Å². The van der Waals surface area contributed by atoms with Crippen LogP contribution in [0.1, 0.15) is 66.9 Å². The lowest BCUT2D eigenvalue weighted by atomic mass is 10.0. The number of Topliss-reactive ketones (excluding diaryl/α,β-unsaturated/α-hetero) is 1. The minimum atomic E-state index is -0.753. The number of rotatable bonds is 6. The number of benzene rings is 2. The SMILES string of the molecule is CC(=O)Nc1cccc(CCCCC(=O)O)c1.Nc1ccc2c(c1)CCCCC2=O. The van der Waals surface area contributed by atoms with Gasteiger partial charge >= 0.3 is 5.97 Å². The zero-order chi connectivity index (χ0) is 21.9. The molecule has 6 heteroatoms. The molecular weight excluding hydrogens is 380 g/mol. The third-order valence-electron chi connectivity index (χ3n) is 4.88. The number of amides is 1. The van der Waals surface area contributed by atoms with Crippen LogP contribution < -0.4 is 11.1 Å². The van der Waals surface area contributed by atoms with E-state index >= 15 is 0 Å². The van der Waals surface area contributed by atoms with Gasteiger partial charge in [-0.2, -0.15) is 0 Å². The molecule has 1 amide bonds. The third kappa shape index (κ3) is 8.07. The van der Waals surface area contributed by atoms with Crippen LogP contribution in [0.2, 0.25) is 0 Å². The van der Waals surface area contributed by atoms with Crippen LogP contribution in [0.25, 0.3) is 0 Å². The first kappa shape index (κ1) is 23.1. The molecule has 160 valence electrons. The van der Waals surface area contributed by atoms with Crippen molar-refractivity contribution in [3.05, 3.63) is 59.2 Å². The molecule has 0 aliphatic heterocycles. The Kier molecular flexibility index (Phi) is 9.06. The zero-order valence-electron chi connectivity index (χ0n) is 17.4. The van der Waals surface area contributed by atoms with Crippen molar-refractivity contribution >= 4 is 29.0 Å². The smallest absolute Gasteiger partial charge is 0.303 e. The van der Waals surface area contributed by atoms with Crippen LogP contribution in [0.4, 0.5) is 11.4 Å². The molecule has 1 aliphatic rings. The van der Waals surface area contributed by atoms with Crippen molar-refractivity contribution in [3.8, 4) is 0 Å². The Labute approximate surface area is 177 Å². The molecule has 0 bridgehead atoms. The highest BCUT2D eigenvalue weighted by atomic mass is 16.4. The molecule has 2 aromatic rings. The summed E-state index contributed by atoms with van der Waals surface area (Å²) >= 11 is 0. The van der Waals surface area contributed by atoms with E-state index in [4.69, 9.17) is 10.8 Å². The largest absolute Gasteiger partial charge is 0.481 e. The molecule has 0 unspecified atom stereocenters. The predicted octanol–water partition coefficient (Wildman–Crippen LogP) is 4.62. The summed E-state index contributed by atoms with van der Waals surface area (Å²) in [6, 6.07) is 13.2. The normalized spacial score (nSPS) is 12.8. The van der Waals surface area contributed by atoms with E-state index in [2.05, 4.69) is 5.32 Å². The first-order valence-corrected chi connectivity index (χ1v) is 10.3. The maximum atomic E-state index is 11.6. The summed E-state index contributed by atoms with van der Waals surface area (Å²) in [6.45, 7) is 1.47. The van der Waals surface area contributed by atoms with Gasteiger partial charge in [0, 0.05) is 36.7 Å². The molecule has 0 fully saturated rings. The maximum absolute atomic E-state index is 11.6. The second kappa shape index (κ2) is 11.8. The summed E-state index contributed by atoms with van der Waals surface area (Å²) in [4.78, 5) is 32.8. The van der Waals surface area contributed by atoms with E-state index in [0.717, 1.165) is 60.2 Å². The molecular formula is C24H30N2O4. The number of carboxylic acid groups (broad SMARTS) is 1. The highest BCUT2D eigenvalue weighted by molar-refractivity contribution is 5.98. The van der Waals surface area contributed by atoms with E-state index in [9.17, 15) is 14.4 Å². The van der Waals surface area contributed by atoms with Gasteiger partial charge in [0.15, 0.2) is 5.78 Å². The summed E-state index contributed by atoms with van der Waals surface area (Å²) in [6.07, 6.45) is 6.36. The highest BCUT2D eigenvalue weighted by Gasteiger charge is 2.14. The van der Waals surface area contributed by atoms with Crippen LogP contribution in [-0.2, 0) is 22.4 Å². The van der Waals surface area contributed by atoms with Crippen molar-refractivity contribution in [3.63, 3.8) is 0 Å². The lowest BCUT2D eigenvalue weighted by Crippen LogP contribution is -2.05. The molecule has 2 aromatic carbocycles. The molecule has 6 nitrogen and oxygen atoms in total. The standard InChI is InChI=1S/C13H17NO3.C11H13NO/c1-10(15)14-12-7-4-6-11(9-12)5-2-3-8-13(16)17;12-9-5-6-10-8(7-9)3-1-2-4-11(10)13/h4,6-7,9H,2-3,5,8H2,1H3,(H,14,15)(H,16,17);5-7H,1-4,12H2. The van der Waals surface area contributed by atoms with Crippen LogP contribution in [0.5, 0.6) is 0 Å². The number of aliphatic carboxylic acids is 1. The molecule has 3 rings (SSSR count). The van der Waals surface area contributed by atoms with Gasteiger partial charge in [0.2, 0.25) is 5.91 Å². The number of unbranched alkanes of at least 4 members (excludes halogenated alkanes) is 1. The Balaban J connectivity index is 0.000000220. The van der Waals surface area contributed by atoms with Crippen molar-refractivity contribution in [1.29, 1.82) is 0 Å². The lowest BCUT2D eigenvalue weighted by molar-refractivity contribution is -0.137. The summed E-state index contributed by atoms with van der Waals surface area (Å²) in [7, 11) is 0. The Morgan fingerprint density at radius 3 is 2.57 bits per heavy atom. The van der Waals surface area contributed by atoms with Crippen LogP contribution in [0, 0.1) is 0 Å². The van der Waals surface area contributed by atoms with E-state index in [0.29, 0.717) is 12.8 Å². The number of nitrogens with two attached hydrogens (primary N) is 1. The molecule has 30 heavy (non-hydrogen) atoms. The number of nitrogen functional groups attached to an aromatic ring is 1. The lowest BCUT2D eigenvalue weighted by Gasteiger charge is -2.05. The predicted molar refractivity (Wildman–Crippen MR) is 119 cm³/mol. The number of fused-ring (bicyclic) bond motifs is 1. The summed E-state index contributed by atoms with van der Waals surface area (Å²) < 4.78 is 0. The molecule has 4 N–H and O–H groups in total. The van der Waals surface area contributed by atoms with Gasteiger partial charge in [0.1, 0.15) is 0 Å². The van der Waals surface area contributed by atoms with E-state index in [1.165, 1.54) is 6.92 Å². The number of hydrogen-bond acceptors (Lipinski definition) is 4. The number of carboxylic acids is 1. The average Bonchev–Trinajstić information content (AvgIpc) is 2.86. The quantitative estimate of drug-likeness (QED) is 0.366. The molecule has 0 atom stereocenters. The van der Waals surface area contributed by atoms with Gasteiger partial charge < -0.3 is 16.2 Å². The summed E-state index contributed by atoms with van der Waals surface area (Å²) in [5.41, 5.74) is 10.3. The van der Waals surface area contributed by atoms with Crippen LogP contribution in [0.3, 0.4) is 0 Å². The molecule has 0 saturated carbocycles. The van der Waals surface area contributed by atoms with Crippen molar-refractivity contribution < 1.29 is 19.5 Å². The van der Waals surface area contributed by atoms with Gasteiger partial charge in [0.05, 0.1) is 0 Å².